The number of nitrogens with one attached hydrogen (secondary N) is 3. The van der Waals surface area contributed by atoms with Crippen LogP contribution in [0.25, 0.3) is 10.9 Å². The number of rotatable bonds is 8. The Hall–Kier alpha value is -4.09. The van der Waals surface area contributed by atoms with Gasteiger partial charge < -0.3 is 37.4 Å². The summed E-state index contributed by atoms with van der Waals surface area (Å²) in [6.07, 6.45) is 2.33. The fraction of sp³-hybridized carbons (Fsp3) is 0.385. The van der Waals surface area contributed by atoms with Crippen LogP contribution in [0.1, 0.15) is 12.8 Å². The minimum atomic E-state index is -3.84. The molecule has 2 aromatic carbocycles. The molecular formula is C26H34N12O3S. The van der Waals surface area contributed by atoms with Gasteiger partial charge in [-0.05, 0) is 55.3 Å². The lowest BCUT2D eigenvalue weighted by Crippen LogP contribution is -2.53. The van der Waals surface area contributed by atoms with Crippen molar-refractivity contribution in [1.29, 1.82) is 0 Å². The number of hydrogen-bond acceptors (Lipinski definition) is 13. The van der Waals surface area contributed by atoms with Gasteiger partial charge in [-0.15, -0.1) is 0 Å². The number of nitrogens with zero attached hydrogens (tertiary/aromatic N) is 6. The second-order valence-electron chi connectivity index (χ2n) is 10.7. The lowest BCUT2D eigenvalue weighted by atomic mass is 10.0. The summed E-state index contributed by atoms with van der Waals surface area (Å²) in [4.78, 5) is 17.9. The van der Waals surface area contributed by atoms with Gasteiger partial charge in [-0.2, -0.15) is 20.1 Å². The Labute approximate surface area is 242 Å². The smallest absolute Gasteiger partial charge is 0.261 e. The van der Waals surface area contributed by atoms with Crippen LogP contribution in [0.15, 0.2) is 53.6 Å². The monoisotopic (exact) mass is 594 g/mol. The molecule has 4 heterocycles. The molecule has 4 atom stereocenters. The van der Waals surface area contributed by atoms with Gasteiger partial charge in [0.15, 0.2) is 0 Å². The summed E-state index contributed by atoms with van der Waals surface area (Å²) in [6, 6.07) is 10.8. The third-order valence-corrected chi connectivity index (χ3v) is 8.93. The molecule has 16 heteroatoms. The van der Waals surface area contributed by atoms with Crippen LogP contribution in [0.3, 0.4) is 0 Å². The van der Waals surface area contributed by atoms with Gasteiger partial charge in [-0.1, -0.05) is 0 Å². The highest BCUT2D eigenvalue weighted by Crippen LogP contribution is 2.28. The Morgan fingerprint density at radius 3 is 2.45 bits per heavy atom. The maximum atomic E-state index is 13.0. The first-order valence-electron chi connectivity index (χ1n) is 13.7. The predicted molar refractivity (Wildman–Crippen MR) is 160 cm³/mol. The minimum absolute atomic E-state index is 0.0860. The maximum Gasteiger partial charge on any atom is 0.261 e. The maximum absolute atomic E-state index is 13.0. The summed E-state index contributed by atoms with van der Waals surface area (Å²) in [6.45, 7) is 1.85. The molecule has 2 saturated heterocycles. The number of aromatic nitrogens is 5. The van der Waals surface area contributed by atoms with Crippen LogP contribution >= 0.6 is 0 Å². The van der Waals surface area contributed by atoms with Gasteiger partial charge in [-0.3, -0.25) is 9.82 Å². The van der Waals surface area contributed by atoms with Crippen molar-refractivity contribution in [3.8, 4) is 0 Å². The van der Waals surface area contributed by atoms with E-state index >= 15 is 0 Å². The van der Waals surface area contributed by atoms with E-state index in [2.05, 4.69) is 30.2 Å². The van der Waals surface area contributed by atoms with Crippen molar-refractivity contribution in [3.63, 3.8) is 0 Å². The van der Waals surface area contributed by atoms with Crippen LogP contribution < -0.4 is 37.0 Å². The first-order chi connectivity index (χ1) is 20.2. The molecule has 15 nitrogen and oxygen atoms in total. The number of H-pyrrole nitrogens is 1. The fourth-order valence-corrected chi connectivity index (χ4v) is 6.50. The molecule has 2 aromatic heterocycles. The summed E-state index contributed by atoms with van der Waals surface area (Å²) in [5.74, 6) is 1.03. The third-order valence-electron chi connectivity index (χ3n) is 7.53. The van der Waals surface area contributed by atoms with Crippen LogP contribution in [0.2, 0.25) is 0 Å². The Morgan fingerprint density at radius 1 is 1.00 bits per heavy atom. The Morgan fingerprint density at radius 2 is 1.71 bits per heavy atom. The molecule has 222 valence electrons. The summed E-state index contributed by atoms with van der Waals surface area (Å²) in [5, 5.41) is 21.3. The molecule has 0 radical (unpaired) electrons. The second-order valence-corrected chi connectivity index (χ2v) is 12.4. The van der Waals surface area contributed by atoms with Gasteiger partial charge >= 0.3 is 0 Å². The number of nitrogens with two attached hydrogens (primary N) is 3. The zero-order chi connectivity index (χ0) is 29.4. The highest BCUT2D eigenvalue weighted by molar-refractivity contribution is 7.92. The van der Waals surface area contributed by atoms with E-state index in [9.17, 15) is 13.5 Å². The molecule has 2 aliphatic rings. The molecule has 0 saturated carbocycles. The van der Waals surface area contributed by atoms with Gasteiger partial charge in [0.05, 0.1) is 34.4 Å². The third kappa shape index (κ3) is 5.79. The lowest BCUT2D eigenvalue weighted by molar-refractivity contribution is 0.166. The van der Waals surface area contributed by atoms with Crippen LogP contribution in [0, 0.1) is 0 Å². The summed E-state index contributed by atoms with van der Waals surface area (Å²) in [5.41, 5.74) is 20.1. The number of sulfonamides is 1. The average molecular weight is 595 g/mol. The Kier molecular flexibility index (Phi) is 7.54. The average Bonchev–Trinajstić information content (AvgIpc) is 3.58. The topological polar surface area (TPSA) is 230 Å². The first kappa shape index (κ1) is 28.0. The highest BCUT2D eigenvalue weighted by atomic mass is 32.2. The lowest BCUT2D eigenvalue weighted by Gasteiger charge is -2.35. The van der Waals surface area contributed by atoms with Crippen LogP contribution in [-0.2, 0) is 10.0 Å². The van der Waals surface area contributed by atoms with Crippen LogP contribution in [-0.4, -0.2) is 89.1 Å². The van der Waals surface area contributed by atoms with Crippen LogP contribution in [0.5, 0.6) is 0 Å². The number of benzene rings is 2. The molecule has 0 amide bonds. The summed E-state index contributed by atoms with van der Waals surface area (Å²) in [7, 11) is -3.84. The molecule has 2 aliphatic heterocycles. The van der Waals surface area contributed by atoms with E-state index in [0.29, 0.717) is 55.7 Å². The summed E-state index contributed by atoms with van der Waals surface area (Å²) < 4.78 is 28.7. The second kappa shape index (κ2) is 11.3. The van der Waals surface area contributed by atoms with Crippen molar-refractivity contribution in [2.45, 2.75) is 42.0 Å². The number of anilines is 5. The molecular weight excluding hydrogens is 560 g/mol. The molecule has 6 rings (SSSR count). The number of fused-ring (bicyclic) bond motifs is 1. The molecule has 0 unspecified atom stereocenters. The van der Waals surface area contributed by atoms with Gasteiger partial charge in [0.1, 0.15) is 0 Å². The van der Waals surface area contributed by atoms with Gasteiger partial charge in [0, 0.05) is 49.3 Å². The normalized spacial score (nSPS) is 23.0. The molecule has 2 fully saturated rings. The fourth-order valence-electron chi connectivity index (χ4n) is 5.45. The number of aliphatic hydroxyl groups excluding tert-OH is 1. The molecule has 0 aliphatic carbocycles. The zero-order valence-electron chi connectivity index (χ0n) is 22.8. The SMILES string of the molecule is NC[C@H]1[C@@H](O)CCN1c1nc(Nc2ccc(S(=O)(=O)Nc3ccc4cn[nH]c4c3)cc2)nc(N2C[C@H](N)C[C@H](N)C2)n1. The quantitative estimate of drug-likeness (QED) is 0.143. The number of hydrogen-bond donors (Lipinski definition) is 7. The van der Waals surface area contributed by atoms with Gasteiger partial charge in [0.2, 0.25) is 17.8 Å². The standard InChI is InChI=1S/C26H34N12O3S/c27-11-22-23(39)7-8-38(22)26-33-24(32-25(34-26)37-13-16(28)9-17(29)14-37)31-18-3-5-20(6-4-18)42(40,41)36-19-2-1-15-12-30-35-21(15)10-19/h1-6,10,12,16-17,22-23,36,39H,7-9,11,13-14,27-29H2,(H,30,35)(H,31,32,33,34)/t16-,17+,22-,23-/m0/s1. The van der Waals surface area contributed by atoms with Crippen molar-refractivity contribution in [3.05, 3.63) is 48.7 Å². The van der Waals surface area contributed by atoms with Crippen molar-refractivity contribution in [2.24, 2.45) is 17.2 Å². The van der Waals surface area contributed by atoms with E-state index in [4.69, 9.17) is 22.2 Å². The Bertz CT molecular complexity index is 1650. The largest absolute Gasteiger partial charge is 0.391 e. The van der Waals surface area contributed by atoms with Crippen molar-refractivity contribution in [1.82, 2.24) is 25.1 Å². The first-order valence-corrected chi connectivity index (χ1v) is 15.2. The van der Waals surface area contributed by atoms with E-state index in [1.165, 1.54) is 12.1 Å². The molecule has 0 spiro atoms. The van der Waals surface area contributed by atoms with Crippen molar-refractivity contribution in [2.75, 3.05) is 46.0 Å². The highest BCUT2D eigenvalue weighted by Gasteiger charge is 2.35. The zero-order valence-corrected chi connectivity index (χ0v) is 23.6. The van der Waals surface area contributed by atoms with E-state index in [-0.39, 0.29) is 35.5 Å². The number of aliphatic hydroxyl groups is 1. The molecule has 0 bridgehead atoms. The van der Waals surface area contributed by atoms with E-state index in [1.807, 2.05) is 9.80 Å². The summed E-state index contributed by atoms with van der Waals surface area (Å²) >= 11 is 0. The minimum Gasteiger partial charge on any atom is -0.391 e. The van der Waals surface area contributed by atoms with E-state index in [0.717, 1.165) is 10.9 Å². The van der Waals surface area contributed by atoms with Crippen LogP contribution in [0.4, 0.5) is 29.2 Å². The van der Waals surface area contributed by atoms with Crippen molar-refractivity contribution >= 4 is 50.1 Å². The number of aromatic amines is 1. The van der Waals surface area contributed by atoms with E-state index in [1.54, 1.807) is 36.5 Å². The molecule has 10 N–H and O–H groups in total. The predicted octanol–water partition coefficient (Wildman–Crippen LogP) is 0.0553. The molecule has 4 aromatic rings. The Balaban J connectivity index is 1.25. The number of piperidine rings is 1. The van der Waals surface area contributed by atoms with Gasteiger partial charge in [0.25, 0.3) is 10.0 Å². The van der Waals surface area contributed by atoms with Gasteiger partial charge in [-0.25, -0.2) is 8.42 Å². The van der Waals surface area contributed by atoms with Crippen molar-refractivity contribution < 1.29 is 13.5 Å². The van der Waals surface area contributed by atoms with E-state index < -0.39 is 16.1 Å². The molecule has 42 heavy (non-hydrogen) atoms.